The van der Waals surface area contributed by atoms with Crippen LogP contribution in [0.3, 0.4) is 0 Å². The van der Waals surface area contributed by atoms with E-state index < -0.39 is 0 Å². The molecule has 1 aliphatic rings. The number of benzene rings is 1. The minimum Gasteiger partial charge on any atom is -0.394 e. The molecule has 0 spiro atoms. The van der Waals surface area contributed by atoms with E-state index in [4.69, 9.17) is 5.11 Å². The van der Waals surface area contributed by atoms with Gasteiger partial charge in [0.05, 0.1) is 12.6 Å². The van der Waals surface area contributed by atoms with Gasteiger partial charge in [-0.3, -0.25) is 0 Å². The summed E-state index contributed by atoms with van der Waals surface area (Å²) < 4.78 is 0. The molecule has 1 aliphatic heterocycles. The van der Waals surface area contributed by atoms with Crippen molar-refractivity contribution in [3.63, 3.8) is 0 Å². The standard InChI is InChI=1S/C9H11NO/c11-7-9-6-10(9)8-4-2-1-3-5-8/h1-5,9,11H,6-7H2. The maximum absolute atomic E-state index is 8.80. The van der Waals surface area contributed by atoms with Crippen LogP contribution in [0.4, 0.5) is 5.69 Å². The lowest BCUT2D eigenvalue weighted by molar-refractivity contribution is 0.300. The second-order valence-corrected chi connectivity index (χ2v) is 2.82. The van der Waals surface area contributed by atoms with Crippen molar-refractivity contribution in [2.45, 2.75) is 6.04 Å². The van der Waals surface area contributed by atoms with E-state index in [9.17, 15) is 0 Å². The SMILES string of the molecule is OCC1CN1c1ccccc1. The van der Waals surface area contributed by atoms with Gasteiger partial charge in [-0.15, -0.1) is 0 Å². The monoisotopic (exact) mass is 149 g/mol. The Kier molecular flexibility index (Phi) is 1.55. The first kappa shape index (κ1) is 6.68. The Morgan fingerprint density at radius 2 is 2.09 bits per heavy atom. The molecule has 1 aromatic carbocycles. The van der Waals surface area contributed by atoms with Crippen LogP contribution in [0, 0.1) is 0 Å². The molecule has 0 aromatic heterocycles. The highest BCUT2D eigenvalue weighted by atomic mass is 16.3. The molecule has 1 atom stereocenters. The van der Waals surface area contributed by atoms with Gasteiger partial charge in [0.1, 0.15) is 0 Å². The fourth-order valence-corrected chi connectivity index (χ4v) is 1.27. The number of nitrogens with zero attached hydrogens (tertiary/aromatic N) is 1. The summed E-state index contributed by atoms with van der Waals surface area (Å²) in [5, 5.41) is 8.80. The molecule has 1 unspecified atom stereocenters. The second kappa shape index (κ2) is 2.55. The first-order valence-electron chi connectivity index (χ1n) is 3.84. The molecule has 0 bridgehead atoms. The van der Waals surface area contributed by atoms with Crippen molar-refractivity contribution in [2.24, 2.45) is 0 Å². The molecule has 11 heavy (non-hydrogen) atoms. The summed E-state index contributed by atoms with van der Waals surface area (Å²) in [5.41, 5.74) is 1.21. The quantitative estimate of drug-likeness (QED) is 0.630. The minimum absolute atomic E-state index is 0.273. The second-order valence-electron chi connectivity index (χ2n) is 2.82. The molecule has 0 aliphatic carbocycles. The van der Waals surface area contributed by atoms with Crippen LogP contribution in [0.1, 0.15) is 0 Å². The largest absolute Gasteiger partial charge is 0.394 e. The summed E-state index contributed by atoms with van der Waals surface area (Å²) in [6.07, 6.45) is 0. The van der Waals surface area contributed by atoms with Gasteiger partial charge >= 0.3 is 0 Å². The van der Waals surface area contributed by atoms with Crippen molar-refractivity contribution in [1.82, 2.24) is 0 Å². The third-order valence-electron chi connectivity index (χ3n) is 2.01. The van der Waals surface area contributed by atoms with Gasteiger partial charge in [-0.25, -0.2) is 0 Å². The fraction of sp³-hybridized carbons (Fsp3) is 0.333. The van der Waals surface area contributed by atoms with Gasteiger partial charge in [-0.05, 0) is 12.1 Å². The van der Waals surface area contributed by atoms with Crippen LogP contribution in [0.2, 0.25) is 0 Å². The Bertz CT molecular complexity index is 235. The summed E-state index contributed by atoms with van der Waals surface area (Å²) in [4.78, 5) is 2.18. The molecular formula is C9H11NO. The molecular weight excluding hydrogens is 138 g/mol. The van der Waals surface area contributed by atoms with E-state index in [1.165, 1.54) is 5.69 Å². The molecule has 0 amide bonds. The molecule has 2 nitrogen and oxygen atoms in total. The first-order valence-corrected chi connectivity index (χ1v) is 3.84. The zero-order valence-electron chi connectivity index (χ0n) is 6.27. The van der Waals surface area contributed by atoms with Crippen molar-refractivity contribution in [1.29, 1.82) is 0 Å². The Balaban J connectivity index is 2.09. The number of aliphatic hydroxyl groups excluding tert-OH is 1. The number of aliphatic hydroxyl groups is 1. The summed E-state index contributed by atoms with van der Waals surface area (Å²) in [7, 11) is 0. The topological polar surface area (TPSA) is 23.2 Å². The molecule has 2 heteroatoms. The van der Waals surface area contributed by atoms with Crippen LogP contribution in [0.15, 0.2) is 30.3 Å². The van der Waals surface area contributed by atoms with Gasteiger partial charge in [-0.2, -0.15) is 0 Å². The van der Waals surface area contributed by atoms with E-state index in [1.807, 2.05) is 18.2 Å². The number of para-hydroxylation sites is 1. The molecule has 1 N–H and O–H groups in total. The molecule has 58 valence electrons. The van der Waals surface area contributed by atoms with Crippen molar-refractivity contribution in [3.8, 4) is 0 Å². The maximum atomic E-state index is 8.80. The van der Waals surface area contributed by atoms with E-state index in [-0.39, 0.29) is 6.61 Å². The van der Waals surface area contributed by atoms with Gasteiger partial charge < -0.3 is 10.0 Å². The van der Waals surface area contributed by atoms with E-state index >= 15 is 0 Å². The highest BCUT2D eigenvalue weighted by Gasteiger charge is 2.32. The predicted octanol–water partition coefficient (Wildman–Crippen LogP) is 0.868. The minimum atomic E-state index is 0.273. The zero-order chi connectivity index (χ0) is 7.68. The molecule has 2 rings (SSSR count). The smallest absolute Gasteiger partial charge is 0.0697 e. The van der Waals surface area contributed by atoms with Crippen LogP contribution < -0.4 is 4.90 Å². The molecule has 0 radical (unpaired) electrons. The summed E-state index contributed by atoms with van der Waals surface area (Å²) >= 11 is 0. The zero-order valence-corrected chi connectivity index (χ0v) is 6.27. The number of anilines is 1. The average Bonchev–Trinajstić information content (AvgIpc) is 2.85. The van der Waals surface area contributed by atoms with E-state index in [0.717, 1.165) is 6.54 Å². The van der Waals surface area contributed by atoms with Gasteiger partial charge in [0.15, 0.2) is 0 Å². The van der Waals surface area contributed by atoms with E-state index in [2.05, 4.69) is 17.0 Å². The number of rotatable bonds is 2. The Hall–Kier alpha value is -1.02. The first-order chi connectivity index (χ1) is 5.42. The Labute approximate surface area is 66.1 Å². The number of hydrogen-bond donors (Lipinski definition) is 1. The Morgan fingerprint density at radius 3 is 2.64 bits per heavy atom. The van der Waals surface area contributed by atoms with Crippen LogP contribution >= 0.6 is 0 Å². The molecule has 0 saturated carbocycles. The van der Waals surface area contributed by atoms with Crippen molar-refractivity contribution >= 4 is 5.69 Å². The molecule has 1 saturated heterocycles. The van der Waals surface area contributed by atoms with Gasteiger partial charge in [0.25, 0.3) is 0 Å². The van der Waals surface area contributed by atoms with Crippen molar-refractivity contribution in [2.75, 3.05) is 18.1 Å². The highest BCUT2D eigenvalue weighted by molar-refractivity contribution is 5.53. The van der Waals surface area contributed by atoms with Crippen molar-refractivity contribution in [3.05, 3.63) is 30.3 Å². The van der Waals surface area contributed by atoms with E-state index in [1.54, 1.807) is 0 Å². The van der Waals surface area contributed by atoms with Crippen LogP contribution in [-0.2, 0) is 0 Å². The summed E-state index contributed by atoms with van der Waals surface area (Å²) in [5.74, 6) is 0. The van der Waals surface area contributed by atoms with Gasteiger partial charge in [0.2, 0.25) is 0 Å². The van der Waals surface area contributed by atoms with Gasteiger partial charge in [-0.1, -0.05) is 18.2 Å². The predicted molar refractivity (Wildman–Crippen MR) is 44.7 cm³/mol. The lowest BCUT2D eigenvalue weighted by atomic mass is 10.3. The van der Waals surface area contributed by atoms with Crippen LogP contribution in [0.5, 0.6) is 0 Å². The third-order valence-corrected chi connectivity index (χ3v) is 2.01. The highest BCUT2D eigenvalue weighted by Crippen LogP contribution is 2.26. The average molecular weight is 149 g/mol. The van der Waals surface area contributed by atoms with Crippen LogP contribution in [-0.4, -0.2) is 24.3 Å². The van der Waals surface area contributed by atoms with E-state index in [0.29, 0.717) is 6.04 Å². The summed E-state index contributed by atoms with van der Waals surface area (Å²) in [6.45, 7) is 1.27. The lowest BCUT2D eigenvalue weighted by Crippen LogP contribution is -2.02. The number of hydrogen-bond acceptors (Lipinski definition) is 2. The van der Waals surface area contributed by atoms with Crippen molar-refractivity contribution < 1.29 is 5.11 Å². The van der Waals surface area contributed by atoms with Gasteiger partial charge in [0, 0.05) is 12.2 Å². The Morgan fingerprint density at radius 1 is 1.36 bits per heavy atom. The fourth-order valence-electron chi connectivity index (χ4n) is 1.27. The van der Waals surface area contributed by atoms with Crippen LogP contribution in [0.25, 0.3) is 0 Å². The maximum Gasteiger partial charge on any atom is 0.0697 e. The lowest BCUT2D eigenvalue weighted by Gasteiger charge is -2.02. The molecule has 1 heterocycles. The molecule has 1 aromatic rings. The normalized spacial score (nSPS) is 21.9. The molecule has 1 fully saturated rings. The third kappa shape index (κ3) is 1.21. The summed E-state index contributed by atoms with van der Waals surface area (Å²) in [6, 6.07) is 10.5.